The molecule has 0 spiro atoms. The van der Waals surface area contributed by atoms with Gasteiger partial charge in [-0.1, -0.05) is 18.2 Å². The highest BCUT2D eigenvalue weighted by molar-refractivity contribution is 5.94. The lowest BCUT2D eigenvalue weighted by Crippen LogP contribution is -2.05. The number of aromatic hydroxyl groups is 1. The number of carbonyl (C=O) groups is 1. The number of hydrogen-bond donors (Lipinski definition) is 1. The number of benzene rings is 2. The summed E-state index contributed by atoms with van der Waals surface area (Å²) in [6.07, 6.45) is 0. The Morgan fingerprint density at radius 2 is 1.90 bits per heavy atom. The van der Waals surface area contributed by atoms with Crippen LogP contribution in [0.5, 0.6) is 11.5 Å². The SMILES string of the molecule is CCOC(=O)c1cc(-c2cccc(OC)c2)ccc1O. The molecule has 0 unspecified atom stereocenters. The molecule has 0 saturated heterocycles. The van der Waals surface area contributed by atoms with E-state index >= 15 is 0 Å². The quantitative estimate of drug-likeness (QED) is 0.868. The van der Waals surface area contributed by atoms with E-state index in [-0.39, 0.29) is 17.9 Å². The van der Waals surface area contributed by atoms with E-state index in [2.05, 4.69) is 0 Å². The minimum atomic E-state index is -0.533. The lowest BCUT2D eigenvalue weighted by molar-refractivity contribution is 0.0523. The van der Waals surface area contributed by atoms with E-state index in [0.29, 0.717) is 0 Å². The van der Waals surface area contributed by atoms with Crippen molar-refractivity contribution in [2.75, 3.05) is 13.7 Å². The fraction of sp³-hybridized carbons (Fsp3) is 0.188. The maximum Gasteiger partial charge on any atom is 0.341 e. The van der Waals surface area contributed by atoms with E-state index in [4.69, 9.17) is 9.47 Å². The van der Waals surface area contributed by atoms with E-state index in [0.717, 1.165) is 16.9 Å². The van der Waals surface area contributed by atoms with Gasteiger partial charge in [-0.3, -0.25) is 0 Å². The van der Waals surface area contributed by atoms with Gasteiger partial charge in [0.25, 0.3) is 0 Å². The summed E-state index contributed by atoms with van der Waals surface area (Å²) in [5.74, 6) is 0.109. The number of phenols is 1. The van der Waals surface area contributed by atoms with E-state index in [9.17, 15) is 9.90 Å². The van der Waals surface area contributed by atoms with Crippen LogP contribution in [0.25, 0.3) is 11.1 Å². The maximum absolute atomic E-state index is 11.8. The molecule has 2 rings (SSSR count). The van der Waals surface area contributed by atoms with Crippen LogP contribution in [0.4, 0.5) is 0 Å². The van der Waals surface area contributed by atoms with Gasteiger partial charge >= 0.3 is 5.97 Å². The van der Waals surface area contributed by atoms with Crippen LogP contribution in [0.15, 0.2) is 42.5 Å². The van der Waals surface area contributed by atoms with Crippen molar-refractivity contribution in [1.29, 1.82) is 0 Å². The molecule has 104 valence electrons. The Bertz CT molecular complexity index is 620. The molecule has 2 aromatic carbocycles. The third-order valence-corrected chi connectivity index (χ3v) is 2.89. The predicted molar refractivity (Wildman–Crippen MR) is 76.1 cm³/mol. The number of methoxy groups -OCH3 is 1. The van der Waals surface area contributed by atoms with Crippen LogP contribution in [0.3, 0.4) is 0 Å². The van der Waals surface area contributed by atoms with Gasteiger partial charge in [0.1, 0.15) is 17.1 Å². The Morgan fingerprint density at radius 3 is 2.60 bits per heavy atom. The van der Waals surface area contributed by atoms with Crippen LogP contribution in [-0.4, -0.2) is 24.8 Å². The summed E-state index contributed by atoms with van der Waals surface area (Å²) in [4.78, 5) is 11.8. The van der Waals surface area contributed by atoms with Gasteiger partial charge in [0.15, 0.2) is 0 Å². The van der Waals surface area contributed by atoms with Crippen molar-refractivity contribution < 1.29 is 19.4 Å². The first-order valence-corrected chi connectivity index (χ1v) is 6.30. The van der Waals surface area contributed by atoms with Crippen LogP contribution in [0, 0.1) is 0 Å². The van der Waals surface area contributed by atoms with E-state index in [1.165, 1.54) is 6.07 Å². The van der Waals surface area contributed by atoms with Gasteiger partial charge in [-0.2, -0.15) is 0 Å². The minimum absolute atomic E-state index is 0.0879. The van der Waals surface area contributed by atoms with Gasteiger partial charge in [0.05, 0.1) is 13.7 Å². The molecule has 0 aromatic heterocycles. The number of ether oxygens (including phenoxy) is 2. The lowest BCUT2D eigenvalue weighted by atomic mass is 10.0. The Kier molecular flexibility index (Phi) is 4.25. The summed E-state index contributed by atoms with van der Waals surface area (Å²) >= 11 is 0. The first-order valence-electron chi connectivity index (χ1n) is 6.30. The van der Waals surface area contributed by atoms with Crippen molar-refractivity contribution in [3.8, 4) is 22.6 Å². The summed E-state index contributed by atoms with van der Waals surface area (Å²) in [5.41, 5.74) is 1.87. The number of rotatable bonds is 4. The van der Waals surface area contributed by atoms with Crippen LogP contribution < -0.4 is 4.74 Å². The zero-order valence-corrected chi connectivity index (χ0v) is 11.4. The average Bonchev–Trinajstić information content (AvgIpc) is 2.48. The fourth-order valence-electron chi connectivity index (χ4n) is 1.89. The molecule has 0 atom stereocenters. The molecule has 0 radical (unpaired) electrons. The van der Waals surface area contributed by atoms with Crippen molar-refractivity contribution in [2.24, 2.45) is 0 Å². The van der Waals surface area contributed by atoms with Crippen molar-refractivity contribution in [1.82, 2.24) is 0 Å². The smallest absolute Gasteiger partial charge is 0.341 e. The lowest BCUT2D eigenvalue weighted by Gasteiger charge is -2.08. The largest absolute Gasteiger partial charge is 0.507 e. The number of hydrogen-bond acceptors (Lipinski definition) is 4. The van der Waals surface area contributed by atoms with E-state index in [1.54, 1.807) is 26.2 Å². The first-order chi connectivity index (χ1) is 9.65. The van der Waals surface area contributed by atoms with E-state index in [1.807, 2.05) is 24.3 Å². The highest BCUT2D eigenvalue weighted by atomic mass is 16.5. The first kappa shape index (κ1) is 13.9. The van der Waals surface area contributed by atoms with Gasteiger partial charge in [0, 0.05) is 0 Å². The number of carbonyl (C=O) groups excluding carboxylic acids is 1. The van der Waals surface area contributed by atoms with Gasteiger partial charge in [-0.15, -0.1) is 0 Å². The van der Waals surface area contributed by atoms with Crippen molar-refractivity contribution >= 4 is 5.97 Å². The molecule has 0 amide bonds. The van der Waals surface area contributed by atoms with Gasteiger partial charge in [-0.25, -0.2) is 4.79 Å². The molecular formula is C16H16O4. The highest BCUT2D eigenvalue weighted by Gasteiger charge is 2.13. The zero-order chi connectivity index (χ0) is 14.5. The van der Waals surface area contributed by atoms with Crippen molar-refractivity contribution in [3.05, 3.63) is 48.0 Å². The molecule has 0 aliphatic rings. The van der Waals surface area contributed by atoms with Gasteiger partial charge in [0.2, 0.25) is 0 Å². The molecule has 4 nitrogen and oxygen atoms in total. The second-order valence-electron chi connectivity index (χ2n) is 4.18. The van der Waals surface area contributed by atoms with Gasteiger partial charge < -0.3 is 14.6 Å². The van der Waals surface area contributed by atoms with Crippen molar-refractivity contribution in [2.45, 2.75) is 6.92 Å². The predicted octanol–water partition coefficient (Wildman–Crippen LogP) is 3.24. The third kappa shape index (κ3) is 2.91. The average molecular weight is 272 g/mol. The molecule has 0 aliphatic carbocycles. The Balaban J connectivity index is 2.42. The second-order valence-corrected chi connectivity index (χ2v) is 4.18. The zero-order valence-electron chi connectivity index (χ0n) is 11.4. The molecule has 4 heteroatoms. The van der Waals surface area contributed by atoms with Crippen LogP contribution in [0.2, 0.25) is 0 Å². The Morgan fingerprint density at radius 1 is 1.15 bits per heavy atom. The van der Waals surface area contributed by atoms with Crippen molar-refractivity contribution in [3.63, 3.8) is 0 Å². The molecule has 1 N–H and O–H groups in total. The maximum atomic E-state index is 11.8. The number of esters is 1. The summed E-state index contributed by atoms with van der Waals surface area (Å²) in [6, 6.07) is 12.3. The molecule has 2 aromatic rings. The normalized spacial score (nSPS) is 10.1. The topological polar surface area (TPSA) is 55.8 Å². The van der Waals surface area contributed by atoms with Gasteiger partial charge in [-0.05, 0) is 42.3 Å². The molecule has 0 bridgehead atoms. The molecular weight excluding hydrogens is 256 g/mol. The Labute approximate surface area is 117 Å². The number of phenolic OH excluding ortho intramolecular Hbond substituents is 1. The van der Waals surface area contributed by atoms with Crippen LogP contribution in [-0.2, 0) is 4.74 Å². The molecule has 0 aliphatic heterocycles. The molecule has 20 heavy (non-hydrogen) atoms. The Hall–Kier alpha value is -2.49. The van der Waals surface area contributed by atoms with E-state index < -0.39 is 5.97 Å². The van der Waals surface area contributed by atoms with Crippen LogP contribution >= 0.6 is 0 Å². The molecule has 0 heterocycles. The highest BCUT2D eigenvalue weighted by Crippen LogP contribution is 2.28. The fourth-order valence-corrected chi connectivity index (χ4v) is 1.89. The standard InChI is InChI=1S/C16H16O4/c1-3-20-16(18)14-10-12(7-8-15(14)17)11-5-4-6-13(9-11)19-2/h4-10,17H,3H2,1-2H3. The minimum Gasteiger partial charge on any atom is -0.507 e. The summed E-state index contributed by atoms with van der Waals surface area (Å²) in [6.45, 7) is 1.99. The molecule has 0 saturated carbocycles. The second kappa shape index (κ2) is 6.10. The monoisotopic (exact) mass is 272 g/mol. The summed E-state index contributed by atoms with van der Waals surface area (Å²) in [7, 11) is 1.60. The van der Waals surface area contributed by atoms with Crippen LogP contribution in [0.1, 0.15) is 17.3 Å². The third-order valence-electron chi connectivity index (χ3n) is 2.89. The molecule has 0 fully saturated rings. The summed E-state index contributed by atoms with van der Waals surface area (Å²) < 4.78 is 10.1. The summed E-state index contributed by atoms with van der Waals surface area (Å²) in [5, 5.41) is 9.75.